The Hall–Kier alpha value is -1.22. The summed E-state index contributed by atoms with van der Waals surface area (Å²) in [5.41, 5.74) is 5.11. The molecule has 3 aliphatic rings. The Labute approximate surface area is 180 Å². The molecule has 1 aromatic rings. The SMILES string of the molecule is Cc1cc2c(cc1CC1C=CC(CCF)=CC1)[C@]1(OC2)[SH+][C@H](CO)[C@@H](O)C(O)[C@H]1O. The molecule has 1 fully saturated rings. The first-order valence-electron chi connectivity index (χ1n) is 10.5. The number of hydrogen-bond donors (Lipinski definition) is 4. The van der Waals surface area contributed by atoms with Gasteiger partial charge < -0.3 is 25.2 Å². The summed E-state index contributed by atoms with van der Waals surface area (Å²) in [5, 5.41) is 40.5. The molecule has 5 nitrogen and oxygen atoms in total. The highest BCUT2D eigenvalue weighted by molar-refractivity contribution is 7.80. The van der Waals surface area contributed by atoms with E-state index < -0.39 is 28.5 Å². The number of halogens is 1. The summed E-state index contributed by atoms with van der Waals surface area (Å²) in [6, 6.07) is 4.13. The Morgan fingerprint density at radius 3 is 2.70 bits per heavy atom. The molecule has 1 aliphatic carbocycles. The largest absolute Gasteiger partial charge is 0.391 e. The van der Waals surface area contributed by atoms with E-state index in [1.807, 2.05) is 6.08 Å². The van der Waals surface area contributed by atoms with E-state index in [1.165, 1.54) is 0 Å². The van der Waals surface area contributed by atoms with E-state index in [-0.39, 0.29) is 13.3 Å². The molecule has 2 heterocycles. The number of rotatable bonds is 5. The van der Waals surface area contributed by atoms with Crippen molar-refractivity contribution in [2.75, 3.05) is 13.3 Å². The summed E-state index contributed by atoms with van der Waals surface area (Å²) in [5.74, 6) is 0.315. The van der Waals surface area contributed by atoms with Gasteiger partial charge in [-0.05, 0) is 54.0 Å². The van der Waals surface area contributed by atoms with E-state index in [1.54, 1.807) is 0 Å². The van der Waals surface area contributed by atoms with Gasteiger partial charge in [-0.25, -0.2) is 0 Å². The Kier molecular flexibility index (Phi) is 6.40. The number of aliphatic hydroxyl groups is 4. The smallest absolute Gasteiger partial charge is 0.282 e. The van der Waals surface area contributed by atoms with Crippen LogP contribution in [0, 0.1) is 12.8 Å². The number of hydrogen-bond acceptors (Lipinski definition) is 5. The van der Waals surface area contributed by atoms with Crippen LogP contribution in [0.15, 0.2) is 35.9 Å². The van der Waals surface area contributed by atoms with Crippen LogP contribution in [0.2, 0.25) is 0 Å². The molecule has 2 aliphatic heterocycles. The minimum Gasteiger partial charge on any atom is -0.391 e. The molecular formula is C23H30FO5S+. The second kappa shape index (κ2) is 8.73. The summed E-state index contributed by atoms with van der Waals surface area (Å²) in [6.07, 6.45) is 4.51. The van der Waals surface area contributed by atoms with Gasteiger partial charge in [-0.15, -0.1) is 0 Å². The number of aliphatic hydroxyl groups excluding tert-OH is 4. The lowest BCUT2D eigenvalue weighted by molar-refractivity contribution is -0.148. The third-order valence-corrected chi connectivity index (χ3v) is 8.36. The maximum atomic E-state index is 12.6. The van der Waals surface area contributed by atoms with Crippen LogP contribution in [0.4, 0.5) is 4.39 Å². The maximum Gasteiger partial charge on any atom is 0.282 e. The lowest BCUT2D eigenvalue weighted by Gasteiger charge is -2.39. The number of thiol groups is 1. The van der Waals surface area contributed by atoms with Gasteiger partial charge in [-0.1, -0.05) is 24.3 Å². The summed E-state index contributed by atoms with van der Waals surface area (Å²) >= 11 is 0.558. The Morgan fingerprint density at radius 1 is 1.23 bits per heavy atom. The number of benzene rings is 1. The molecule has 0 bridgehead atoms. The molecule has 0 saturated carbocycles. The van der Waals surface area contributed by atoms with E-state index in [4.69, 9.17) is 4.74 Å². The van der Waals surface area contributed by atoms with Crippen LogP contribution in [-0.2, 0) is 34.5 Å². The fraction of sp³-hybridized carbons (Fsp3) is 0.565. The summed E-state index contributed by atoms with van der Waals surface area (Å²) < 4.78 is 18.6. The first kappa shape index (κ1) is 22.0. The molecule has 2 unspecified atom stereocenters. The van der Waals surface area contributed by atoms with Crippen LogP contribution in [-0.4, -0.2) is 57.3 Å². The van der Waals surface area contributed by atoms with Crippen molar-refractivity contribution in [2.24, 2.45) is 5.92 Å². The third-order valence-electron chi connectivity index (χ3n) is 6.54. The zero-order valence-corrected chi connectivity index (χ0v) is 17.9. The predicted octanol–water partition coefficient (Wildman–Crippen LogP) is 1.35. The van der Waals surface area contributed by atoms with Gasteiger partial charge in [0.05, 0.1) is 19.9 Å². The molecule has 0 aromatic heterocycles. The van der Waals surface area contributed by atoms with Crippen LogP contribution in [0.5, 0.6) is 0 Å². The van der Waals surface area contributed by atoms with E-state index in [9.17, 15) is 24.8 Å². The van der Waals surface area contributed by atoms with Gasteiger partial charge in [-0.2, -0.15) is 0 Å². The number of alkyl halides is 1. The molecule has 4 rings (SSSR count). The molecule has 1 saturated heterocycles. The molecule has 164 valence electrons. The van der Waals surface area contributed by atoms with Crippen molar-refractivity contribution >= 4 is 11.8 Å². The van der Waals surface area contributed by atoms with Crippen molar-refractivity contribution in [3.05, 3.63) is 58.2 Å². The van der Waals surface area contributed by atoms with Crippen molar-refractivity contribution in [1.29, 1.82) is 0 Å². The molecule has 6 atom stereocenters. The highest BCUT2D eigenvalue weighted by Gasteiger charge is 2.64. The molecule has 0 radical (unpaired) electrons. The predicted molar refractivity (Wildman–Crippen MR) is 115 cm³/mol. The van der Waals surface area contributed by atoms with E-state index >= 15 is 0 Å². The van der Waals surface area contributed by atoms with Gasteiger partial charge in [0.2, 0.25) is 0 Å². The van der Waals surface area contributed by atoms with Crippen molar-refractivity contribution in [2.45, 2.75) is 61.3 Å². The fourth-order valence-electron chi connectivity index (χ4n) is 4.73. The van der Waals surface area contributed by atoms with Crippen molar-refractivity contribution in [1.82, 2.24) is 0 Å². The standard InChI is InChI=1S/C23H29FO5S/c1-13-8-17-12-29-23(22(28)21(27)20(26)19(11-25)30-23)18(17)10-16(13)9-15-4-2-14(3-5-15)6-7-24/h2-4,8,10,15,19-22,25-28H,5-7,9,11-12H2,1H3/p+1/t15?,19-,20-,21?,22-,23+/m1/s1. The number of ether oxygens (including phenoxy) is 1. The van der Waals surface area contributed by atoms with Gasteiger partial charge in [0, 0.05) is 23.7 Å². The first-order valence-corrected chi connectivity index (χ1v) is 11.4. The summed E-state index contributed by atoms with van der Waals surface area (Å²) in [7, 11) is 0. The molecular weight excluding hydrogens is 407 g/mol. The summed E-state index contributed by atoms with van der Waals surface area (Å²) in [6.45, 7) is 1.73. The topological polar surface area (TPSA) is 90.2 Å². The van der Waals surface area contributed by atoms with E-state index in [0.717, 1.165) is 40.7 Å². The fourth-order valence-corrected chi connectivity index (χ4v) is 6.43. The lowest BCUT2D eigenvalue weighted by Crippen LogP contribution is -2.62. The minimum atomic E-state index is -1.39. The summed E-state index contributed by atoms with van der Waals surface area (Å²) in [4.78, 5) is -1.15. The molecule has 1 aromatic carbocycles. The van der Waals surface area contributed by atoms with Crippen LogP contribution in [0.3, 0.4) is 0 Å². The van der Waals surface area contributed by atoms with Gasteiger partial charge in [0.1, 0.15) is 12.2 Å². The van der Waals surface area contributed by atoms with Crippen molar-refractivity contribution in [3.63, 3.8) is 0 Å². The number of aryl methyl sites for hydroxylation is 1. The number of allylic oxidation sites excluding steroid dienone is 4. The zero-order valence-electron chi connectivity index (χ0n) is 17.0. The van der Waals surface area contributed by atoms with Crippen LogP contribution < -0.4 is 0 Å². The second-order valence-corrected chi connectivity index (χ2v) is 10.1. The van der Waals surface area contributed by atoms with Crippen LogP contribution in [0.1, 0.15) is 35.1 Å². The molecule has 1 spiro atoms. The molecule has 7 heteroatoms. The minimum absolute atomic E-state index is 0.300. The molecule has 0 amide bonds. The normalized spacial score (nSPS) is 35.5. The average molecular weight is 438 g/mol. The van der Waals surface area contributed by atoms with E-state index in [0.29, 0.717) is 30.7 Å². The van der Waals surface area contributed by atoms with Gasteiger partial charge >= 0.3 is 0 Å². The lowest BCUT2D eigenvalue weighted by atomic mass is 9.85. The van der Waals surface area contributed by atoms with E-state index in [2.05, 4.69) is 31.2 Å². The Balaban J connectivity index is 1.61. The van der Waals surface area contributed by atoms with Crippen molar-refractivity contribution < 1.29 is 29.6 Å². The average Bonchev–Trinajstić information content (AvgIpc) is 3.09. The third kappa shape index (κ3) is 3.76. The van der Waals surface area contributed by atoms with Gasteiger partial charge in [-0.3, -0.25) is 4.39 Å². The Bertz CT molecular complexity index is 854. The molecule has 30 heavy (non-hydrogen) atoms. The monoisotopic (exact) mass is 437 g/mol. The van der Waals surface area contributed by atoms with Crippen molar-refractivity contribution in [3.8, 4) is 0 Å². The highest BCUT2D eigenvalue weighted by atomic mass is 32.2. The highest BCUT2D eigenvalue weighted by Crippen LogP contribution is 2.47. The van der Waals surface area contributed by atoms with Gasteiger partial charge in [0.25, 0.3) is 4.93 Å². The maximum absolute atomic E-state index is 12.6. The molecule has 4 N–H and O–H groups in total. The quantitative estimate of drug-likeness (QED) is 0.413. The van der Waals surface area contributed by atoms with Gasteiger partial charge in [0.15, 0.2) is 11.4 Å². The zero-order chi connectivity index (χ0) is 21.5. The Morgan fingerprint density at radius 2 is 2.03 bits per heavy atom. The van der Waals surface area contributed by atoms with Crippen LogP contribution >= 0.6 is 0 Å². The second-order valence-electron chi connectivity index (χ2n) is 8.50. The van der Waals surface area contributed by atoms with Crippen LogP contribution in [0.25, 0.3) is 0 Å². The number of fused-ring (bicyclic) bond motifs is 2. The first-order chi connectivity index (χ1) is 14.4.